The molecule has 108 valence electrons. The molecular formula is C16H15FN2OS. The van der Waals surface area contributed by atoms with Gasteiger partial charge < -0.3 is 5.32 Å². The van der Waals surface area contributed by atoms with Crippen LogP contribution in [-0.4, -0.2) is 10.9 Å². The van der Waals surface area contributed by atoms with Gasteiger partial charge in [0.05, 0.1) is 5.69 Å². The summed E-state index contributed by atoms with van der Waals surface area (Å²) in [5, 5.41) is 5.56. The summed E-state index contributed by atoms with van der Waals surface area (Å²) in [4.78, 5) is 16.6. The second-order valence-corrected chi connectivity index (χ2v) is 6.67. The Bertz CT molecular complexity index is 695. The van der Waals surface area contributed by atoms with E-state index in [0.29, 0.717) is 23.0 Å². The van der Waals surface area contributed by atoms with Gasteiger partial charge in [-0.15, -0.1) is 11.3 Å². The molecule has 0 bridgehead atoms. The molecule has 21 heavy (non-hydrogen) atoms. The fourth-order valence-electron chi connectivity index (χ4n) is 2.71. The summed E-state index contributed by atoms with van der Waals surface area (Å²) in [5.41, 5.74) is 1.74. The van der Waals surface area contributed by atoms with Crippen molar-refractivity contribution in [3.63, 3.8) is 0 Å². The van der Waals surface area contributed by atoms with Crippen molar-refractivity contribution < 1.29 is 9.18 Å². The maximum Gasteiger partial charge on any atom is 0.229 e. The first-order valence-electron chi connectivity index (χ1n) is 7.23. The van der Waals surface area contributed by atoms with Crippen LogP contribution >= 0.6 is 11.3 Å². The van der Waals surface area contributed by atoms with Crippen molar-refractivity contribution in [1.82, 2.24) is 4.98 Å². The highest BCUT2D eigenvalue weighted by Crippen LogP contribution is 2.49. The number of thiazole rings is 1. The Hall–Kier alpha value is -1.75. The first-order valence-corrected chi connectivity index (χ1v) is 8.11. The van der Waals surface area contributed by atoms with Gasteiger partial charge in [0.15, 0.2) is 5.13 Å². The standard InChI is InChI=1S/C16H15FN2OS/c17-13-4-2-1-3-10(13)11-7-12(11)15(20)19-16-18-14(8-21-16)9-5-6-9/h1-4,8-9,11-12H,5-7H2,(H,18,19,20). The molecule has 1 amide bonds. The average Bonchev–Trinajstić information content (AvgIpc) is 3.39. The Morgan fingerprint density at radius 1 is 1.33 bits per heavy atom. The molecule has 1 N–H and O–H groups in total. The summed E-state index contributed by atoms with van der Waals surface area (Å²) in [5.74, 6) is 0.214. The summed E-state index contributed by atoms with van der Waals surface area (Å²) in [7, 11) is 0. The SMILES string of the molecule is O=C(Nc1nc(C2CC2)cs1)C1CC1c1ccccc1F. The van der Waals surface area contributed by atoms with Gasteiger partial charge in [0, 0.05) is 17.2 Å². The van der Waals surface area contributed by atoms with Crippen LogP contribution in [0.25, 0.3) is 0 Å². The van der Waals surface area contributed by atoms with Crippen molar-refractivity contribution in [2.45, 2.75) is 31.1 Å². The van der Waals surface area contributed by atoms with Crippen LogP contribution < -0.4 is 5.32 Å². The lowest BCUT2D eigenvalue weighted by Gasteiger charge is -2.02. The van der Waals surface area contributed by atoms with Gasteiger partial charge in [-0.2, -0.15) is 0 Å². The number of amides is 1. The second-order valence-electron chi connectivity index (χ2n) is 5.81. The number of benzene rings is 1. The Kier molecular flexibility index (Phi) is 3.03. The lowest BCUT2D eigenvalue weighted by molar-refractivity contribution is -0.117. The summed E-state index contributed by atoms with van der Waals surface area (Å²) >= 11 is 1.47. The molecule has 2 aliphatic rings. The first kappa shape index (κ1) is 13.0. The largest absolute Gasteiger partial charge is 0.302 e. The maximum absolute atomic E-state index is 13.7. The third-order valence-corrected chi connectivity index (χ3v) is 4.96. The highest BCUT2D eigenvalue weighted by atomic mass is 32.1. The number of aromatic nitrogens is 1. The normalized spacial score (nSPS) is 23.9. The van der Waals surface area contributed by atoms with Gasteiger partial charge in [-0.1, -0.05) is 18.2 Å². The quantitative estimate of drug-likeness (QED) is 0.930. The number of carbonyl (C=O) groups is 1. The lowest BCUT2D eigenvalue weighted by Crippen LogP contribution is -2.14. The number of rotatable bonds is 4. The molecule has 1 aromatic heterocycles. The molecule has 2 aromatic rings. The molecule has 0 aliphatic heterocycles. The maximum atomic E-state index is 13.7. The fraction of sp³-hybridized carbons (Fsp3) is 0.375. The van der Waals surface area contributed by atoms with E-state index in [2.05, 4.69) is 10.3 Å². The third-order valence-electron chi connectivity index (χ3n) is 4.18. The number of hydrogen-bond acceptors (Lipinski definition) is 3. The van der Waals surface area contributed by atoms with Crippen molar-refractivity contribution in [2.24, 2.45) is 5.92 Å². The topological polar surface area (TPSA) is 42.0 Å². The molecular weight excluding hydrogens is 287 g/mol. The summed E-state index contributed by atoms with van der Waals surface area (Å²) < 4.78 is 13.7. The van der Waals surface area contributed by atoms with Gasteiger partial charge in [0.25, 0.3) is 0 Å². The smallest absolute Gasteiger partial charge is 0.229 e. The van der Waals surface area contributed by atoms with Crippen LogP contribution in [0.3, 0.4) is 0 Å². The predicted octanol–water partition coefficient (Wildman–Crippen LogP) is 3.90. The molecule has 3 nitrogen and oxygen atoms in total. The van der Waals surface area contributed by atoms with Gasteiger partial charge in [-0.05, 0) is 36.8 Å². The first-order chi connectivity index (χ1) is 10.2. The Balaban J connectivity index is 1.41. The summed E-state index contributed by atoms with van der Waals surface area (Å²) in [6.07, 6.45) is 3.12. The van der Waals surface area contributed by atoms with Crippen LogP contribution in [0.4, 0.5) is 9.52 Å². The third kappa shape index (κ3) is 2.58. The van der Waals surface area contributed by atoms with Crippen LogP contribution in [0.1, 0.15) is 42.4 Å². The molecule has 2 fully saturated rings. The molecule has 2 atom stereocenters. The highest BCUT2D eigenvalue weighted by molar-refractivity contribution is 7.13. The molecule has 1 aromatic carbocycles. The Morgan fingerprint density at radius 3 is 2.90 bits per heavy atom. The van der Waals surface area contributed by atoms with E-state index in [0.717, 1.165) is 5.69 Å². The minimum absolute atomic E-state index is 0.00839. The average molecular weight is 302 g/mol. The van der Waals surface area contributed by atoms with Crippen LogP contribution in [0.15, 0.2) is 29.6 Å². The van der Waals surface area contributed by atoms with E-state index in [1.807, 2.05) is 11.4 Å². The zero-order valence-electron chi connectivity index (χ0n) is 11.4. The molecule has 0 spiro atoms. The number of hydrogen-bond donors (Lipinski definition) is 1. The van der Waals surface area contributed by atoms with E-state index < -0.39 is 0 Å². The van der Waals surface area contributed by atoms with E-state index in [1.54, 1.807) is 12.1 Å². The predicted molar refractivity (Wildman–Crippen MR) is 80.0 cm³/mol. The second kappa shape index (κ2) is 4.91. The molecule has 5 heteroatoms. The molecule has 2 aliphatic carbocycles. The molecule has 2 unspecified atom stereocenters. The number of carbonyl (C=O) groups excluding carboxylic acids is 1. The Labute approximate surface area is 126 Å². The van der Waals surface area contributed by atoms with E-state index >= 15 is 0 Å². The van der Waals surface area contributed by atoms with Gasteiger partial charge in [-0.3, -0.25) is 4.79 Å². The lowest BCUT2D eigenvalue weighted by atomic mass is 10.1. The van der Waals surface area contributed by atoms with Crippen LogP contribution in [0.2, 0.25) is 0 Å². The molecule has 4 rings (SSSR count). The van der Waals surface area contributed by atoms with E-state index in [9.17, 15) is 9.18 Å². The monoisotopic (exact) mass is 302 g/mol. The number of anilines is 1. The van der Waals surface area contributed by atoms with Crippen molar-refractivity contribution in [2.75, 3.05) is 5.32 Å². The van der Waals surface area contributed by atoms with Gasteiger partial charge >= 0.3 is 0 Å². The van der Waals surface area contributed by atoms with Crippen molar-refractivity contribution in [3.05, 3.63) is 46.7 Å². The highest BCUT2D eigenvalue weighted by Gasteiger charge is 2.45. The minimum atomic E-state index is -0.219. The van der Waals surface area contributed by atoms with Crippen molar-refractivity contribution in [1.29, 1.82) is 0 Å². The Morgan fingerprint density at radius 2 is 2.14 bits per heavy atom. The van der Waals surface area contributed by atoms with Gasteiger partial charge in [0.2, 0.25) is 5.91 Å². The fourth-order valence-corrected chi connectivity index (χ4v) is 3.51. The number of nitrogens with one attached hydrogen (secondary N) is 1. The number of nitrogens with zero attached hydrogens (tertiary/aromatic N) is 1. The summed E-state index contributed by atoms with van der Waals surface area (Å²) in [6.45, 7) is 0. The molecule has 0 radical (unpaired) electrons. The summed E-state index contributed by atoms with van der Waals surface area (Å²) in [6, 6.07) is 6.70. The van der Waals surface area contributed by atoms with Crippen LogP contribution in [0.5, 0.6) is 0 Å². The van der Waals surface area contributed by atoms with Gasteiger partial charge in [0.1, 0.15) is 5.82 Å². The molecule has 0 saturated heterocycles. The van der Waals surface area contributed by atoms with Crippen molar-refractivity contribution >= 4 is 22.4 Å². The van der Waals surface area contributed by atoms with Crippen LogP contribution in [-0.2, 0) is 4.79 Å². The van der Waals surface area contributed by atoms with Crippen LogP contribution in [0, 0.1) is 11.7 Å². The van der Waals surface area contributed by atoms with Gasteiger partial charge in [-0.25, -0.2) is 9.37 Å². The van der Waals surface area contributed by atoms with E-state index in [-0.39, 0.29) is 23.6 Å². The van der Waals surface area contributed by atoms with E-state index in [4.69, 9.17) is 0 Å². The zero-order chi connectivity index (χ0) is 14.4. The zero-order valence-corrected chi connectivity index (χ0v) is 12.2. The van der Waals surface area contributed by atoms with Crippen molar-refractivity contribution in [3.8, 4) is 0 Å². The minimum Gasteiger partial charge on any atom is -0.302 e. The number of halogens is 1. The molecule has 2 saturated carbocycles. The molecule has 1 heterocycles. The van der Waals surface area contributed by atoms with E-state index in [1.165, 1.54) is 30.2 Å².